The Bertz CT molecular complexity index is 422. The maximum Gasteiger partial charge on any atom is 0.573 e. The summed E-state index contributed by atoms with van der Waals surface area (Å²) in [6, 6.07) is 0. The number of hydrogen-bond acceptors (Lipinski definition) is 4. The minimum atomic E-state index is -5.10. The molecule has 2 N–H and O–H groups in total. The zero-order valence-electron chi connectivity index (χ0n) is 9.09. The number of alkyl halides is 5. The lowest BCUT2D eigenvalue weighted by Crippen LogP contribution is -2.19. The topological polar surface area (TPSA) is 57.4 Å². The zero-order valence-corrected chi connectivity index (χ0v) is 9.09. The van der Waals surface area contributed by atoms with E-state index >= 15 is 0 Å². The van der Waals surface area contributed by atoms with Crippen molar-refractivity contribution in [1.82, 2.24) is 4.98 Å². The minimum absolute atomic E-state index is 0.0812. The van der Waals surface area contributed by atoms with E-state index in [0.29, 0.717) is 6.20 Å². The summed E-state index contributed by atoms with van der Waals surface area (Å²) in [5.74, 6) is -1.61. The molecule has 0 radical (unpaired) electrons. The Hall–Kier alpha value is -1.64. The molecule has 0 fully saturated rings. The van der Waals surface area contributed by atoms with Crippen molar-refractivity contribution in [3.05, 3.63) is 17.5 Å². The Morgan fingerprint density at radius 3 is 2.39 bits per heavy atom. The van der Waals surface area contributed by atoms with Crippen LogP contribution in [0.15, 0.2) is 6.20 Å². The number of aromatic nitrogens is 1. The Kier molecular flexibility index (Phi) is 4.28. The molecule has 9 heteroatoms. The van der Waals surface area contributed by atoms with E-state index in [1.807, 2.05) is 0 Å². The van der Waals surface area contributed by atoms with Gasteiger partial charge in [0.25, 0.3) is 6.43 Å². The first kappa shape index (κ1) is 14.4. The fourth-order valence-corrected chi connectivity index (χ4v) is 1.32. The van der Waals surface area contributed by atoms with Crippen molar-refractivity contribution in [1.29, 1.82) is 0 Å². The smallest absolute Gasteiger partial charge is 0.494 e. The molecule has 4 nitrogen and oxygen atoms in total. The Morgan fingerprint density at radius 2 is 2.00 bits per heavy atom. The summed E-state index contributed by atoms with van der Waals surface area (Å²) < 4.78 is 69.8. The molecule has 0 spiro atoms. The summed E-state index contributed by atoms with van der Waals surface area (Å²) in [6.45, 7) is -0.255. The first-order valence-corrected chi connectivity index (χ1v) is 4.59. The van der Waals surface area contributed by atoms with Gasteiger partial charge in [-0.25, -0.2) is 8.78 Å². The first-order chi connectivity index (χ1) is 8.30. The molecule has 0 atom stereocenters. The van der Waals surface area contributed by atoms with Crippen molar-refractivity contribution in [3.8, 4) is 11.5 Å². The largest absolute Gasteiger partial charge is 0.573 e. The highest BCUT2D eigenvalue weighted by Gasteiger charge is 2.35. The molecule has 0 saturated carbocycles. The molecule has 0 saturated heterocycles. The number of nitrogens with two attached hydrogens (primary N) is 1. The number of hydrogen-bond donors (Lipinski definition) is 1. The van der Waals surface area contributed by atoms with Crippen molar-refractivity contribution < 1.29 is 31.4 Å². The van der Waals surface area contributed by atoms with Gasteiger partial charge in [-0.2, -0.15) is 0 Å². The molecule has 0 aromatic carbocycles. The first-order valence-electron chi connectivity index (χ1n) is 4.59. The normalized spacial score (nSPS) is 11.8. The molecule has 1 aromatic rings. The van der Waals surface area contributed by atoms with Gasteiger partial charge >= 0.3 is 6.36 Å². The van der Waals surface area contributed by atoms with E-state index in [2.05, 4.69) is 14.5 Å². The minimum Gasteiger partial charge on any atom is -0.494 e. The van der Waals surface area contributed by atoms with Gasteiger partial charge in [-0.05, 0) is 0 Å². The number of ether oxygens (including phenoxy) is 2. The number of nitrogens with zero attached hydrogens (tertiary/aromatic N) is 1. The Labute approximate surface area is 98.5 Å². The van der Waals surface area contributed by atoms with Crippen LogP contribution in [-0.4, -0.2) is 18.5 Å². The second-order valence-electron chi connectivity index (χ2n) is 3.07. The highest BCUT2D eigenvalue weighted by Crippen LogP contribution is 2.40. The van der Waals surface area contributed by atoms with Gasteiger partial charge in [-0.1, -0.05) is 0 Å². The molecular formula is C9H9F5N2O2. The number of halogens is 5. The van der Waals surface area contributed by atoms with E-state index in [1.54, 1.807) is 0 Å². The number of rotatable bonds is 4. The van der Waals surface area contributed by atoms with Gasteiger partial charge in [-0.15, -0.1) is 13.2 Å². The molecule has 18 heavy (non-hydrogen) atoms. The average Bonchev–Trinajstić information content (AvgIpc) is 2.25. The fourth-order valence-electron chi connectivity index (χ4n) is 1.32. The highest BCUT2D eigenvalue weighted by molar-refractivity contribution is 5.47. The standard InChI is InChI=1S/C9H9F5N2O2/c1-17-7-4(2-15)16-3-5(6(7)8(10)11)18-9(12,13)14/h3,8H,2,15H2,1H3. The van der Waals surface area contributed by atoms with Crippen molar-refractivity contribution in [2.45, 2.75) is 19.3 Å². The quantitative estimate of drug-likeness (QED) is 0.855. The number of methoxy groups -OCH3 is 1. The van der Waals surface area contributed by atoms with Crippen LogP contribution in [0.5, 0.6) is 11.5 Å². The van der Waals surface area contributed by atoms with Crippen LogP contribution in [0.25, 0.3) is 0 Å². The van der Waals surface area contributed by atoms with Crippen LogP contribution in [0.2, 0.25) is 0 Å². The fraction of sp³-hybridized carbons (Fsp3) is 0.444. The Balaban J connectivity index is 3.35. The predicted octanol–water partition coefficient (Wildman–Crippen LogP) is 2.39. The van der Waals surface area contributed by atoms with Gasteiger partial charge in [0.2, 0.25) is 0 Å². The molecule has 1 rings (SSSR count). The second kappa shape index (κ2) is 5.34. The van der Waals surface area contributed by atoms with Crippen molar-refractivity contribution >= 4 is 0 Å². The summed E-state index contributed by atoms with van der Waals surface area (Å²) in [4.78, 5) is 3.49. The Morgan fingerprint density at radius 1 is 1.39 bits per heavy atom. The van der Waals surface area contributed by atoms with Gasteiger partial charge in [0.1, 0.15) is 5.56 Å². The van der Waals surface area contributed by atoms with E-state index in [4.69, 9.17) is 5.73 Å². The second-order valence-corrected chi connectivity index (χ2v) is 3.07. The third kappa shape index (κ3) is 3.19. The lowest BCUT2D eigenvalue weighted by molar-refractivity contribution is -0.275. The maximum atomic E-state index is 12.8. The summed E-state index contributed by atoms with van der Waals surface area (Å²) in [5.41, 5.74) is 4.12. The lowest BCUT2D eigenvalue weighted by Gasteiger charge is -2.17. The van der Waals surface area contributed by atoms with Crippen LogP contribution >= 0.6 is 0 Å². The molecule has 0 bridgehead atoms. The van der Waals surface area contributed by atoms with E-state index < -0.39 is 29.9 Å². The van der Waals surface area contributed by atoms with Crippen LogP contribution in [0.3, 0.4) is 0 Å². The third-order valence-electron chi connectivity index (χ3n) is 1.95. The van der Waals surface area contributed by atoms with Crippen LogP contribution in [0, 0.1) is 0 Å². The van der Waals surface area contributed by atoms with E-state index in [9.17, 15) is 22.0 Å². The van der Waals surface area contributed by atoms with Gasteiger partial charge < -0.3 is 15.2 Å². The van der Waals surface area contributed by atoms with Crippen molar-refractivity contribution in [2.75, 3.05) is 7.11 Å². The highest BCUT2D eigenvalue weighted by atomic mass is 19.4. The number of pyridine rings is 1. The third-order valence-corrected chi connectivity index (χ3v) is 1.95. The van der Waals surface area contributed by atoms with E-state index in [-0.39, 0.29) is 12.2 Å². The lowest BCUT2D eigenvalue weighted by atomic mass is 10.2. The SMILES string of the molecule is COc1c(CN)ncc(OC(F)(F)F)c1C(F)F. The molecule has 1 aromatic heterocycles. The molecule has 102 valence electrons. The molecule has 0 aliphatic heterocycles. The zero-order chi connectivity index (χ0) is 13.9. The summed E-state index contributed by atoms with van der Waals surface area (Å²) in [5, 5.41) is 0. The van der Waals surface area contributed by atoms with Crippen LogP contribution < -0.4 is 15.2 Å². The van der Waals surface area contributed by atoms with E-state index in [1.165, 1.54) is 0 Å². The van der Waals surface area contributed by atoms with Crippen LogP contribution in [-0.2, 0) is 6.54 Å². The predicted molar refractivity (Wildman–Crippen MR) is 50.3 cm³/mol. The molecule has 0 amide bonds. The van der Waals surface area contributed by atoms with Gasteiger partial charge in [0.05, 0.1) is 19.0 Å². The van der Waals surface area contributed by atoms with Gasteiger partial charge in [0, 0.05) is 6.54 Å². The van der Waals surface area contributed by atoms with Crippen molar-refractivity contribution in [2.24, 2.45) is 5.73 Å². The maximum absolute atomic E-state index is 12.8. The molecule has 0 aliphatic rings. The monoisotopic (exact) mass is 272 g/mol. The average molecular weight is 272 g/mol. The molecule has 0 aliphatic carbocycles. The summed E-state index contributed by atoms with van der Waals surface area (Å²) >= 11 is 0. The molecule has 0 unspecified atom stereocenters. The van der Waals surface area contributed by atoms with Crippen LogP contribution in [0.4, 0.5) is 22.0 Å². The van der Waals surface area contributed by atoms with Crippen LogP contribution in [0.1, 0.15) is 17.7 Å². The van der Waals surface area contributed by atoms with E-state index in [0.717, 1.165) is 7.11 Å². The summed E-state index contributed by atoms with van der Waals surface area (Å²) in [7, 11) is 1.03. The van der Waals surface area contributed by atoms with Crippen molar-refractivity contribution in [3.63, 3.8) is 0 Å². The molecule has 1 heterocycles. The van der Waals surface area contributed by atoms with Gasteiger partial charge in [-0.3, -0.25) is 4.98 Å². The summed E-state index contributed by atoms with van der Waals surface area (Å²) in [6.07, 6.45) is -7.77. The molecular weight excluding hydrogens is 263 g/mol. The van der Waals surface area contributed by atoms with Gasteiger partial charge in [0.15, 0.2) is 11.5 Å².